The van der Waals surface area contributed by atoms with Crippen LogP contribution >= 0.6 is 24.0 Å². The number of hydrogen-bond acceptors (Lipinski definition) is 4. The minimum absolute atomic E-state index is 0. The van der Waals surface area contributed by atoms with Gasteiger partial charge in [-0.2, -0.15) is 0 Å². The van der Waals surface area contributed by atoms with Crippen molar-refractivity contribution in [3.63, 3.8) is 0 Å². The molecule has 0 amide bonds. The number of halogens is 1. The number of ether oxygens (including phenoxy) is 1. The first kappa shape index (κ1) is 26.9. The number of aliphatic imine (C=N–C) groups is 1. The number of guanidine groups is 1. The Labute approximate surface area is 196 Å². The number of likely N-dealkylation sites (tertiary alicyclic amines) is 1. The van der Waals surface area contributed by atoms with E-state index in [4.69, 9.17) is 4.74 Å². The van der Waals surface area contributed by atoms with Crippen molar-refractivity contribution >= 4 is 29.9 Å². The summed E-state index contributed by atoms with van der Waals surface area (Å²) in [6.07, 6.45) is 6.31. The van der Waals surface area contributed by atoms with E-state index < -0.39 is 0 Å². The van der Waals surface area contributed by atoms with Gasteiger partial charge in [0.1, 0.15) is 0 Å². The molecule has 0 bridgehead atoms. The smallest absolute Gasteiger partial charge is 0.191 e. The summed E-state index contributed by atoms with van der Waals surface area (Å²) in [6, 6.07) is 0.551. The van der Waals surface area contributed by atoms with Crippen LogP contribution in [0.15, 0.2) is 4.99 Å². The lowest BCUT2D eigenvalue weighted by Crippen LogP contribution is -2.53. The molecule has 1 atom stereocenters. The molecule has 2 N–H and O–H groups in total. The van der Waals surface area contributed by atoms with Crippen molar-refractivity contribution in [3.8, 4) is 0 Å². The first-order valence-electron chi connectivity index (χ1n) is 11.7. The van der Waals surface area contributed by atoms with E-state index in [1.807, 2.05) is 7.05 Å². The summed E-state index contributed by atoms with van der Waals surface area (Å²) in [5.41, 5.74) is 0. The summed E-state index contributed by atoms with van der Waals surface area (Å²) >= 11 is 0. The molecule has 2 rings (SSSR count). The maximum Gasteiger partial charge on any atom is 0.191 e. The van der Waals surface area contributed by atoms with E-state index >= 15 is 0 Å². The van der Waals surface area contributed by atoms with Gasteiger partial charge in [0.15, 0.2) is 5.96 Å². The first-order valence-corrected chi connectivity index (χ1v) is 11.7. The van der Waals surface area contributed by atoms with Crippen LogP contribution in [0, 0.1) is 11.8 Å². The summed E-state index contributed by atoms with van der Waals surface area (Å²) in [4.78, 5) is 9.71. The second kappa shape index (κ2) is 15.6. The van der Waals surface area contributed by atoms with Crippen molar-refractivity contribution in [3.05, 3.63) is 0 Å². The van der Waals surface area contributed by atoms with Crippen LogP contribution in [0.2, 0.25) is 0 Å². The van der Waals surface area contributed by atoms with Crippen molar-refractivity contribution in [2.45, 2.75) is 58.9 Å². The predicted octanol–water partition coefficient (Wildman–Crippen LogP) is 3.03. The Morgan fingerprint density at radius 2 is 1.69 bits per heavy atom. The standard InChI is InChI=1S/C22H45N5O.HI/c1-5-10-26-11-8-19(9-12-26)17-24-22(23-4)25-18-21(20(6-2)7-3)27-13-15-28-16-14-27;/h19-21H,5-18H2,1-4H3,(H2,23,24,25);1H. The molecule has 2 saturated heterocycles. The lowest BCUT2D eigenvalue weighted by molar-refractivity contribution is 0.00271. The third kappa shape index (κ3) is 9.27. The van der Waals surface area contributed by atoms with Gasteiger partial charge in [0, 0.05) is 39.3 Å². The van der Waals surface area contributed by atoms with E-state index in [0.29, 0.717) is 12.0 Å². The van der Waals surface area contributed by atoms with Crippen molar-refractivity contribution in [1.82, 2.24) is 20.4 Å². The van der Waals surface area contributed by atoms with E-state index in [1.165, 1.54) is 51.7 Å². The molecule has 6 nitrogen and oxygen atoms in total. The summed E-state index contributed by atoms with van der Waals surface area (Å²) in [6.45, 7) is 16.5. The monoisotopic (exact) mass is 523 g/mol. The molecule has 0 aliphatic carbocycles. The van der Waals surface area contributed by atoms with Gasteiger partial charge in [-0.15, -0.1) is 24.0 Å². The van der Waals surface area contributed by atoms with Crippen LogP contribution in [0.4, 0.5) is 0 Å². The fourth-order valence-electron chi connectivity index (χ4n) is 4.73. The van der Waals surface area contributed by atoms with E-state index in [9.17, 15) is 0 Å². The maximum atomic E-state index is 5.57. The number of piperidine rings is 1. The van der Waals surface area contributed by atoms with Crippen molar-refractivity contribution in [1.29, 1.82) is 0 Å². The minimum atomic E-state index is 0. The number of nitrogens with one attached hydrogen (secondary N) is 2. The van der Waals surface area contributed by atoms with E-state index in [-0.39, 0.29) is 24.0 Å². The highest BCUT2D eigenvalue weighted by Crippen LogP contribution is 2.20. The largest absolute Gasteiger partial charge is 0.379 e. The molecular formula is C22H46IN5O. The average molecular weight is 524 g/mol. The highest BCUT2D eigenvalue weighted by molar-refractivity contribution is 14.0. The van der Waals surface area contributed by atoms with Crippen LogP contribution in [0.5, 0.6) is 0 Å². The van der Waals surface area contributed by atoms with Crippen LogP contribution in [0.25, 0.3) is 0 Å². The van der Waals surface area contributed by atoms with Gasteiger partial charge >= 0.3 is 0 Å². The Morgan fingerprint density at radius 1 is 1.03 bits per heavy atom. The maximum absolute atomic E-state index is 5.57. The number of hydrogen-bond donors (Lipinski definition) is 2. The lowest BCUT2D eigenvalue weighted by atomic mass is 9.92. The molecule has 2 aliphatic rings. The first-order chi connectivity index (χ1) is 13.7. The van der Waals surface area contributed by atoms with Gasteiger partial charge < -0.3 is 20.3 Å². The Hall–Kier alpha value is -0.120. The van der Waals surface area contributed by atoms with Gasteiger partial charge in [-0.05, 0) is 50.7 Å². The fourth-order valence-corrected chi connectivity index (χ4v) is 4.73. The zero-order valence-corrected chi connectivity index (χ0v) is 21.6. The molecule has 2 heterocycles. The Kier molecular flexibility index (Phi) is 14.5. The van der Waals surface area contributed by atoms with Crippen molar-refractivity contribution < 1.29 is 4.74 Å². The summed E-state index contributed by atoms with van der Waals surface area (Å²) < 4.78 is 5.57. The van der Waals surface area contributed by atoms with Gasteiger partial charge in [0.25, 0.3) is 0 Å². The molecular weight excluding hydrogens is 477 g/mol. The van der Waals surface area contributed by atoms with Crippen LogP contribution in [0.1, 0.15) is 52.9 Å². The van der Waals surface area contributed by atoms with Gasteiger partial charge in [-0.1, -0.05) is 33.6 Å². The number of rotatable bonds is 10. The zero-order chi connectivity index (χ0) is 20.2. The normalized spacial score (nSPS) is 21.1. The number of morpholine rings is 1. The molecule has 0 saturated carbocycles. The molecule has 0 aromatic heterocycles. The van der Waals surface area contributed by atoms with E-state index in [1.54, 1.807) is 0 Å². The predicted molar refractivity (Wildman–Crippen MR) is 134 cm³/mol. The molecule has 0 aromatic rings. The van der Waals surface area contributed by atoms with E-state index in [0.717, 1.165) is 51.3 Å². The quantitative estimate of drug-likeness (QED) is 0.262. The molecule has 0 aromatic carbocycles. The molecule has 29 heavy (non-hydrogen) atoms. The fraction of sp³-hybridized carbons (Fsp3) is 0.955. The number of nitrogens with zero attached hydrogens (tertiary/aromatic N) is 3. The van der Waals surface area contributed by atoms with Gasteiger partial charge in [0.05, 0.1) is 13.2 Å². The van der Waals surface area contributed by atoms with Gasteiger partial charge in [-0.3, -0.25) is 9.89 Å². The van der Waals surface area contributed by atoms with Crippen LogP contribution in [0.3, 0.4) is 0 Å². The summed E-state index contributed by atoms with van der Waals surface area (Å²) in [5.74, 6) is 2.44. The van der Waals surface area contributed by atoms with Crippen LogP contribution in [-0.4, -0.2) is 87.9 Å². The third-order valence-corrected chi connectivity index (χ3v) is 6.62. The van der Waals surface area contributed by atoms with Crippen molar-refractivity contribution in [2.24, 2.45) is 16.8 Å². The highest BCUT2D eigenvalue weighted by Gasteiger charge is 2.27. The van der Waals surface area contributed by atoms with Crippen LogP contribution in [-0.2, 0) is 4.74 Å². The van der Waals surface area contributed by atoms with Crippen LogP contribution < -0.4 is 10.6 Å². The highest BCUT2D eigenvalue weighted by atomic mass is 127. The van der Waals surface area contributed by atoms with E-state index in [2.05, 4.69) is 46.2 Å². The average Bonchev–Trinajstić information content (AvgIpc) is 2.75. The molecule has 1 unspecified atom stereocenters. The topological polar surface area (TPSA) is 52.1 Å². The second-order valence-corrected chi connectivity index (χ2v) is 8.41. The minimum Gasteiger partial charge on any atom is -0.379 e. The molecule has 0 spiro atoms. The van der Waals surface area contributed by atoms with Gasteiger partial charge in [0.2, 0.25) is 0 Å². The second-order valence-electron chi connectivity index (χ2n) is 8.41. The summed E-state index contributed by atoms with van der Waals surface area (Å²) in [5, 5.41) is 7.23. The Balaban J connectivity index is 0.00000420. The molecule has 0 radical (unpaired) electrons. The Bertz CT molecular complexity index is 433. The molecule has 2 aliphatic heterocycles. The summed E-state index contributed by atoms with van der Waals surface area (Å²) in [7, 11) is 1.89. The SMILES string of the molecule is CCCN1CCC(CNC(=NC)NCC(C(CC)CC)N2CCOCC2)CC1.I. The lowest BCUT2D eigenvalue weighted by Gasteiger charge is -2.39. The molecule has 7 heteroatoms. The van der Waals surface area contributed by atoms with Gasteiger partial charge in [-0.25, -0.2) is 0 Å². The zero-order valence-electron chi connectivity index (χ0n) is 19.3. The molecule has 172 valence electrons. The Morgan fingerprint density at radius 3 is 2.24 bits per heavy atom. The molecule has 2 fully saturated rings. The third-order valence-electron chi connectivity index (χ3n) is 6.62. The van der Waals surface area contributed by atoms with Crippen molar-refractivity contribution in [2.75, 3.05) is 66.1 Å².